The molecule has 13 aromatic rings. The van der Waals surface area contributed by atoms with Gasteiger partial charge in [0.25, 0.3) is 0 Å². The topological polar surface area (TPSA) is 0 Å². The Balaban J connectivity index is 0.000000162. The first-order chi connectivity index (χ1) is 42.2. The van der Waals surface area contributed by atoms with Gasteiger partial charge in [0.1, 0.15) is 0 Å². The molecule has 88 heavy (non-hydrogen) atoms. The molecule has 13 rings (SSSR count). The van der Waals surface area contributed by atoms with Crippen LogP contribution in [-0.2, 0) is 0 Å². The van der Waals surface area contributed by atoms with Gasteiger partial charge in [-0.15, -0.1) is 0 Å². The Labute approximate surface area is 530 Å². The summed E-state index contributed by atoms with van der Waals surface area (Å²) in [5, 5.41) is 8.16. The highest BCUT2D eigenvalue weighted by Gasteiger charge is 2.01. The van der Waals surface area contributed by atoms with Crippen LogP contribution < -0.4 is 0 Å². The Bertz CT molecular complexity index is 3950. The summed E-state index contributed by atoms with van der Waals surface area (Å²) in [6, 6.07) is 98.7. The Morgan fingerprint density at radius 1 is 0.136 bits per heavy atom. The van der Waals surface area contributed by atoms with Crippen molar-refractivity contribution in [2.45, 2.75) is 111 Å². The molecular weight excluding hydrogens is 1060 g/mol. The smallest absolute Gasteiger partial charge is 0.0152 e. The van der Waals surface area contributed by atoms with Crippen LogP contribution in [0.25, 0.3) is 54.6 Å². The maximum atomic E-state index is 2.22. The molecule has 446 valence electrons. The maximum absolute atomic E-state index is 2.22. The molecule has 0 heterocycles. The normalized spacial score (nSPS) is 10.0. The number of hydrogen-bond donors (Lipinski definition) is 0. The number of hydrogen-bond acceptors (Lipinski definition) is 0. The first-order valence-corrected chi connectivity index (χ1v) is 31.0. The summed E-state index contributed by atoms with van der Waals surface area (Å²) >= 11 is 0. The SMILES string of the molecule is Cc1ccc(-c2ccc(C)cc2)cc1.Cc1ccc(-c2cccc(C)c2)cc1.Cc1ccc(C)c2ccccc12.Cc1ccc(C)cc1.Cc1ccc2ccc(C)cc2c1.Cc1cccc(C)c1.Cc1cccc2c(C)cccc12.Cc1ccccc1C. The molecule has 0 nitrogen and oxygen atoms in total. The van der Waals surface area contributed by atoms with E-state index in [2.05, 4.69) is 390 Å². The zero-order chi connectivity index (χ0) is 63.5. The van der Waals surface area contributed by atoms with Crippen molar-refractivity contribution in [2.75, 3.05) is 0 Å². The fourth-order valence-corrected chi connectivity index (χ4v) is 9.88. The summed E-state index contributed by atoms with van der Waals surface area (Å²) in [4.78, 5) is 0. The van der Waals surface area contributed by atoms with E-state index in [1.807, 2.05) is 0 Å². The summed E-state index contributed by atoms with van der Waals surface area (Å²) < 4.78 is 0. The minimum atomic E-state index is 1.29. The predicted molar refractivity (Wildman–Crippen MR) is 391 cm³/mol. The van der Waals surface area contributed by atoms with Crippen molar-refractivity contribution in [3.05, 3.63) is 368 Å². The van der Waals surface area contributed by atoms with Crippen LogP contribution in [-0.4, -0.2) is 0 Å². The van der Waals surface area contributed by atoms with E-state index in [-0.39, 0.29) is 0 Å². The third kappa shape index (κ3) is 22.5. The van der Waals surface area contributed by atoms with Crippen molar-refractivity contribution in [2.24, 2.45) is 0 Å². The van der Waals surface area contributed by atoms with Crippen molar-refractivity contribution in [3.63, 3.8) is 0 Å². The van der Waals surface area contributed by atoms with E-state index < -0.39 is 0 Å². The first-order valence-electron chi connectivity index (χ1n) is 31.0. The van der Waals surface area contributed by atoms with Crippen LogP contribution in [0.3, 0.4) is 0 Å². The van der Waals surface area contributed by atoms with Crippen LogP contribution in [0.5, 0.6) is 0 Å². The molecule has 0 saturated heterocycles. The third-order valence-electron chi connectivity index (χ3n) is 15.5. The summed E-state index contributed by atoms with van der Waals surface area (Å²) in [6.07, 6.45) is 0. The van der Waals surface area contributed by atoms with Gasteiger partial charge in [0.05, 0.1) is 0 Å². The number of rotatable bonds is 2. The molecule has 0 fully saturated rings. The average molecular weight is 1150 g/mol. The van der Waals surface area contributed by atoms with Gasteiger partial charge in [0, 0.05) is 0 Å². The predicted octanol–water partition coefficient (Wildman–Crippen LogP) is 25.2. The first kappa shape index (κ1) is 67.8. The molecule has 0 spiro atoms. The van der Waals surface area contributed by atoms with Crippen molar-refractivity contribution >= 4 is 32.3 Å². The Morgan fingerprint density at radius 3 is 0.716 bits per heavy atom. The second-order valence-corrected chi connectivity index (χ2v) is 23.7. The molecule has 0 amide bonds. The van der Waals surface area contributed by atoms with E-state index in [4.69, 9.17) is 0 Å². The van der Waals surface area contributed by atoms with Gasteiger partial charge in [-0.2, -0.15) is 0 Å². The van der Waals surface area contributed by atoms with Crippen LogP contribution in [0.15, 0.2) is 279 Å². The van der Waals surface area contributed by atoms with Gasteiger partial charge in [-0.25, -0.2) is 0 Å². The number of aryl methyl sites for hydroxylation is 16. The zero-order valence-electron chi connectivity index (χ0n) is 55.6. The van der Waals surface area contributed by atoms with Gasteiger partial charge >= 0.3 is 0 Å². The molecule has 0 saturated carbocycles. The van der Waals surface area contributed by atoms with Crippen LogP contribution in [0, 0.1) is 111 Å². The third-order valence-corrected chi connectivity index (χ3v) is 15.5. The fourth-order valence-electron chi connectivity index (χ4n) is 9.88. The van der Waals surface area contributed by atoms with Gasteiger partial charge in [-0.1, -0.05) is 335 Å². The van der Waals surface area contributed by atoms with Gasteiger partial charge < -0.3 is 0 Å². The molecule has 0 atom stereocenters. The van der Waals surface area contributed by atoms with Gasteiger partial charge in [-0.3, -0.25) is 0 Å². The maximum Gasteiger partial charge on any atom is -0.0152 e. The quantitative estimate of drug-likeness (QED) is 0.162. The van der Waals surface area contributed by atoms with E-state index in [0.717, 1.165) is 0 Å². The minimum absolute atomic E-state index is 1.29. The van der Waals surface area contributed by atoms with E-state index in [9.17, 15) is 0 Å². The van der Waals surface area contributed by atoms with E-state index in [1.54, 1.807) is 0 Å². The van der Waals surface area contributed by atoms with E-state index in [1.165, 1.54) is 144 Å². The van der Waals surface area contributed by atoms with Crippen molar-refractivity contribution in [3.8, 4) is 22.3 Å². The summed E-state index contributed by atoms with van der Waals surface area (Å²) in [6.45, 7) is 34.0. The van der Waals surface area contributed by atoms with Gasteiger partial charge in [0.2, 0.25) is 0 Å². The zero-order valence-corrected chi connectivity index (χ0v) is 55.6. The van der Waals surface area contributed by atoms with Crippen LogP contribution in [0.2, 0.25) is 0 Å². The Kier molecular flexibility index (Phi) is 26.7. The summed E-state index contributed by atoms with van der Waals surface area (Å²) in [7, 11) is 0. The molecule has 13 aromatic carbocycles. The Morgan fingerprint density at radius 2 is 0.386 bits per heavy atom. The minimum Gasteiger partial charge on any atom is -0.0620 e. The second kappa shape index (κ2) is 34.7. The summed E-state index contributed by atoms with van der Waals surface area (Å²) in [5.41, 5.74) is 26.5. The molecule has 0 aliphatic carbocycles. The molecule has 0 unspecified atom stereocenters. The average Bonchev–Trinajstić information content (AvgIpc) is 3.61. The van der Waals surface area contributed by atoms with Gasteiger partial charge in [0.15, 0.2) is 0 Å². The van der Waals surface area contributed by atoms with E-state index >= 15 is 0 Å². The van der Waals surface area contributed by atoms with Crippen molar-refractivity contribution in [1.82, 2.24) is 0 Å². The standard InChI is InChI=1S/2C14H14.3C12H12.3C8H10/c1-11-3-7-13(8-4-11)14-9-5-12(2)6-10-14;1-11-6-8-13(9-7-11)14-5-3-4-12(2)10-14;1-9-3-5-11-6-4-10(2)8-12(11)7-9;1-9-5-3-8-12-10(2)6-4-7-11(9)12;1-9-7-8-10(2)12-6-4-3-5-11(9)12;1-7-3-5-8(2)6-4-7;1-7-4-3-5-8(2)6-7;1-7-5-3-4-6-8(7)2/h2*3-10H,1-2H3;3*3-8H,1-2H3;3*3-6H,1-2H3. The lowest BCUT2D eigenvalue weighted by Gasteiger charge is -2.03. The summed E-state index contributed by atoms with van der Waals surface area (Å²) in [5.74, 6) is 0. The number of benzene rings is 13. The lowest BCUT2D eigenvalue weighted by atomic mass is 10.0. The van der Waals surface area contributed by atoms with Gasteiger partial charge in [-0.05, 0) is 199 Å². The van der Waals surface area contributed by atoms with Crippen molar-refractivity contribution in [1.29, 1.82) is 0 Å². The molecule has 0 bridgehead atoms. The highest BCUT2D eigenvalue weighted by Crippen LogP contribution is 2.24. The molecule has 0 aliphatic rings. The molecule has 0 aromatic heterocycles. The lowest BCUT2D eigenvalue weighted by Crippen LogP contribution is -1.80. The van der Waals surface area contributed by atoms with E-state index in [0.29, 0.717) is 0 Å². The molecule has 0 aliphatic heterocycles. The highest BCUT2D eigenvalue weighted by atomic mass is 14.1. The molecular formula is C88H94. The van der Waals surface area contributed by atoms with Crippen LogP contribution in [0.1, 0.15) is 89.0 Å². The second-order valence-electron chi connectivity index (χ2n) is 23.7. The molecule has 0 heteroatoms. The molecule has 0 N–H and O–H groups in total. The monoisotopic (exact) mass is 1150 g/mol. The van der Waals surface area contributed by atoms with Crippen molar-refractivity contribution < 1.29 is 0 Å². The van der Waals surface area contributed by atoms with Crippen LogP contribution >= 0.6 is 0 Å². The Hall–Kier alpha value is -9.36. The van der Waals surface area contributed by atoms with Crippen LogP contribution in [0.4, 0.5) is 0 Å². The fraction of sp³-hybridized carbons (Fsp3) is 0.182. The highest BCUT2D eigenvalue weighted by molar-refractivity contribution is 5.89. The lowest BCUT2D eigenvalue weighted by molar-refractivity contribution is 1.34. The number of fused-ring (bicyclic) bond motifs is 3. The largest absolute Gasteiger partial charge is 0.0620 e. The molecule has 0 radical (unpaired) electrons.